The summed E-state index contributed by atoms with van der Waals surface area (Å²) >= 11 is 0. The van der Waals surface area contributed by atoms with Gasteiger partial charge in [0.1, 0.15) is 54.0 Å². The second-order valence-electron chi connectivity index (χ2n) is 16.6. The monoisotopic (exact) mass is 837 g/mol. The molecule has 0 radical (unpaired) electrons. The molecule has 4 aliphatic rings. The van der Waals surface area contributed by atoms with Crippen molar-refractivity contribution < 1.29 is 52.2 Å². The summed E-state index contributed by atoms with van der Waals surface area (Å²) in [6.45, 7) is 8.42. The van der Waals surface area contributed by atoms with Crippen LogP contribution in [0.25, 0.3) is 0 Å². The Labute approximate surface area is 346 Å². The summed E-state index contributed by atoms with van der Waals surface area (Å²) in [6.07, 6.45) is -1.60. The molecule has 9 atom stereocenters. The van der Waals surface area contributed by atoms with E-state index in [4.69, 9.17) is 4.74 Å². The maximum Gasteiger partial charge on any atom is 0.329 e. The molecule has 0 saturated carbocycles. The van der Waals surface area contributed by atoms with E-state index in [1.54, 1.807) is 18.2 Å². The number of carbonyl (C=O) groups excluding carboxylic acids is 7. The number of cyclic esters (lactones) is 1. The number of hydrogen-bond donors (Lipinski definition) is 5. The highest BCUT2D eigenvalue weighted by atomic mass is 19.1. The van der Waals surface area contributed by atoms with E-state index in [1.165, 1.54) is 23.6 Å². The van der Waals surface area contributed by atoms with Gasteiger partial charge in [0, 0.05) is 44.2 Å². The summed E-state index contributed by atoms with van der Waals surface area (Å²) in [5, 5.41) is 21.4. The topological polar surface area (TPSA) is 207 Å². The van der Waals surface area contributed by atoms with E-state index in [1.807, 2.05) is 20.8 Å². The molecule has 2 aromatic rings. The Morgan fingerprint density at radius 1 is 0.850 bits per heavy atom. The Morgan fingerprint density at radius 2 is 1.55 bits per heavy atom. The predicted octanol–water partition coefficient (Wildman–Crippen LogP) is 1.83. The first-order valence-electron chi connectivity index (χ1n) is 20.4. The summed E-state index contributed by atoms with van der Waals surface area (Å²) in [7, 11) is 0. The van der Waals surface area contributed by atoms with Crippen LogP contribution in [-0.2, 0) is 39.9 Å². The first kappa shape index (κ1) is 43.9. The largest absolute Gasteiger partial charge is 0.458 e. The molecule has 6 rings (SSSR count). The van der Waals surface area contributed by atoms with Gasteiger partial charge in [0.15, 0.2) is 0 Å². The van der Waals surface area contributed by atoms with Crippen molar-refractivity contribution in [1.82, 2.24) is 30.7 Å². The molecular weight excluding hydrogens is 784 g/mol. The normalized spacial score (nSPS) is 28.3. The minimum absolute atomic E-state index is 0.00860. The Balaban J connectivity index is 1.36. The van der Waals surface area contributed by atoms with Gasteiger partial charge in [0.25, 0.3) is 0 Å². The van der Waals surface area contributed by atoms with Crippen LogP contribution in [0.3, 0.4) is 0 Å². The van der Waals surface area contributed by atoms with Crippen LogP contribution < -0.4 is 21.3 Å². The van der Waals surface area contributed by atoms with E-state index in [0.717, 1.165) is 28.2 Å². The summed E-state index contributed by atoms with van der Waals surface area (Å²) in [5.41, 5.74) is 2.22. The minimum Gasteiger partial charge on any atom is -0.458 e. The molecule has 18 heteroatoms. The number of benzene rings is 2. The minimum atomic E-state index is -1.74. The fourth-order valence-electron chi connectivity index (χ4n) is 8.54. The Hall–Kier alpha value is -5.65. The molecule has 0 aliphatic carbocycles. The molecule has 60 heavy (non-hydrogen) atoms. The van der Waals surface area contributed by atoms with Gasteiger partial charge in [0.2, 0.25) is 29.5 Å². The second kappa shape index (κ2) is 18.3. The van der Waals surface area contributed by atoms with Crippen molar-refractivity contribution in [2.45, 2.75) is 122 Å². The zero-order chi connectivity index (χ0) is 43.6. The van der Waals surface area contributed by atoms with E-state index in [2.05, 4.69) is 21.3 Å². The Morgan fingerprint density at radius 3 is 2.25 bits per heavy atom. The van der Waals surface area contributed by atoms with Gasteiger partial charge in [-0.2, -0.15) is 0 Å². The number of rotatable bonds is 6. The number of urea groups is 1. The highest BCUT2D eigenvalue weighted by Crippen LogP contribution is 2.29. The molecule has 0 bridgehead atoms. The lowest BCUT2D eigenvalue weighted by Crippen LogP contribution is -2.63. The Bertz CT molecular complexity index is 2020. The van der Waals surface area contributed by atoms with E-state index < -0.39 is 108 Å². The fourth-order valence-corrected chi connectivity index (χ4v) is 8.54. The summed E-state index contributed by atoms with van der Waals surface area (Å²) < 4.78 is 34.6. The SMILES string of the molecule is Cc1ccc(NC(=O)N[C@@H](Cc2cc(F)cc(F)c2)C(=O)N[C@@H]2C(=O)N3C[C@H](O)C[C@H]3C(=O)N3CCCC[C@H]3C(=O)N[C@@H](C)C(=O)N3C[C@H](C)C[C@H]3C(=O)O[C@H]2C)cc1C. The molecule has 0 spiro atoms. The van der Waals surface area contributed by atoms with Crippen LogP contribution in [0.2, 0.25) is 0 Å². The van der Waals surface area contributed by atoms with Crippen molar-refractivity contribution in [3.63, 3.8) is 0 Å². The number of fused-ring (bicyclic) bond motifs is 3. The van der Waals surface area contributed by atoms with Crippen LogP contribution in [0.4, 0.5) is 19.3 Å². The van der Waals surface area contributed by atoms with Gasteiger partial charge in [-0.1, -0.05) is 13.0 Å². The number of hydrogen-bond acceptors (Lipinski definition) is 9. The molecule has 4 fully saturated rings. The van der Waals surface area contributed by atoms with Gasteiger partial charge in [-0.25, -0.2) is 18.4 Å². The molecule has 4 saturated heterocycles. The van der Waals surface area contributed by atoms with Gasteiger partial charge in [-0.15, -0.1) is 0 Å². The third kappa shape index (κ3) is 9.86. The van der Waals surface area contributed by atoms with Gasteiger partial charge in [-0.3, -0.25) is 24.0 Å². The number of amides is 7. The second-order valence-corrected chi connectivity index (χ2v) is 16.6. The van der Waals surface area contributed by atoms with Crippen LogP contribution in [0, 0.1) is 31.4 Å². The lowest BCUT2D eigenvalue weighted by atomic mass is 9.98. The number of nitrogens with zero attached hydrogens (tertiary/aromatic N) is 3. The third-order valence-corrected chi connectivity index (χ3v) is 11.8. The van der Waals surface area contributed by atoms with Crippen molar-refractivity contribution in [2.75, 3.05) is 25.0 Å². The number of halogens is 2. The van der Waals surface area contributed by atoms with E-state index in [-0.39, 0.29) is 50.4 Å². The van der Waals surface area contributed by atoms with Gasteiger partial charge < -0.3 is 45.8 Å². The summed E-state index contributed by atoms with van der Waals surface area (Å²) in [4.78, 5) is 102. The van der Waals surface area contributed by atoms with E-state index in [9.17, 15) is 47.4 Å². The number of aliphatic hydroxyl groups is 1. The number of esters is 1. The molecule has 5 N–H and O–H groups in total. The van der Waals surface area contributed by atoms with E-state index >= 15 is 0 Å². The zero-order valence-electron chi connectivity index (χ0n) is 34.3. The molecule has 0 aromatic heterocycles. The maximum absolute atomic E-state index is 14.8. The molecule has 324 valence electrons. The van der Waals surface area contributed by atoms with Crippen molar-refractivity contribution in [2.24, 2.45) is 5.92 Å². The van der Waals surface area contributed by atoms with Crippen LogP contribution >= 0.6 is 0 Å². The van der Waals surface area contributed by atoms with Crippen LogP contribution in [-0.4, -0.2) is 129 Å². The highest BCUT2D eigenvalue weighted by molar-refractivity contribution is 5.99. The summed E-state index contributed by atoms with van der Waals surface area (Å²) in [5.74, 6) is -6.56. The Kier molecular flexibility index (Phi) is 13.4. The standard InChI is InChI=1S/C42H53F2N7O9/c1-21-12-34-41(58)60-25(5)35(48-36(53)31(16-26-14-27(43)17-28(44)15-26)47-42(59)46-29-10-9-22(2)23(3)13-29)40(57)51-20-30(52)18-33(51)39(56)49-11-7-6-8-32(49)37(54)45-24(4)38(55)50(34)19-21/h9-10,13-15,17,21,24-25,30-35,52H,6-8,11-12,16,18-20H2,1-5H3,(H,45,54)(H,48,53)(H2,46,47,59)/t21-,24+,25+,30-,31+,32+,33+,34+,35+/m1/s1. The van der Waals surface area contributed by atoms with Crippen LogP contribution in [0.5, 0.6) is 0 Å². The number of anilines is 1. The molecule has 16 nitrogen and oxygen atoms in total. The molecule has 4 heterocycles. The fraction of sp³-hybridized carbons (Fsp3) is 0.548. The van der Waals surface area contributed by atoms with Crippen LogP contribution in [0.1, 0.15) is 69.6 Å². The average molecular weight is 838 g/mol. The molecule has 0 unspecified atom stereocenters. The molecule has 4 aliphatic heterocycles. The molecular formula is C42H53F2N7O9. The number of piperidine rings is 1. The quantitative estimate of drug-likeness (QED) is 0.269. The summed E-state index contributed by atoms with van der Waals surface area (Å²) in [6, 6.07) is -0.851. The van der Waals surface area contributed by atoms with Gasteiger partial charge in [0.05, 0.1) is 6.10 Å². The lowest BCUT2D eigenvalue weighted by Gasteiger charge is -2.39. The first-order valence-corrected chi connectivity index (χ1v) is 20.4. The van der Waals surface area contributed by atoms with Crippen molar-refractivity contribution in [3.05, 3.63) is 64.7 Å². The maximum atomic E-state index is 14.8. The number of aryl methyl sites for hydroxylation is 2. The number of aliphatic hydroxyl groups excluding tert-OH is 1. The zero-order valence-corrected chi connectivity index (χ0v) is 34.3. The average Bonchev–Trinajstić information content (AvgIpc) is 3.78. The number of nitrogens with one attached hydrogen (secondary N) is 4. The highest BCUT2D eigenvalue weighted by Gasteiger charge is 2.49. The molecule has 2 aromatic carbocycles. The van der Waals surface area contributed by atoms with Gasteiger partial charge >= 0.3 is 12.0 Å². The van der Waals surface area contributed by atoms with Crippen molar-refractivity contribution in [3.8, 4) is 0 Å². The van der Waals surface area contributed by atoms with Gasteiger partial charge in [-0.05, 0) is 100 Å². The van der Waals surface area contributed by atoms with Crippen LogP contribution in [0.15, 0.2) is 36.4 Å². The number of ether oxygens (including phenoxy) is 1. The first-order chi connectivity index (χ1) is 28.4. The predicted molar refractivity (Wildman–Crippen MR) is 212 cm³/mol. The van der Waals surface area contributed by atoms with E-state index in [0.29, 0.717) is 24.6 Å². The number of carbonyl (C=O) groups is 7. The smallest absolute Gasteiger partial charge is 0.329 e. The molecule has 7 amide bonds. The lowest BCUT2D eigenvalue weighted by molar-refractivity contribution is -0.163. The van der Waals surface area contributed by atoms with Crippen molar-refractivity contribution in [1.29, 1.82) is 0 Å². The third-order valence-electron chi connectivity index (χ3n) is 11.8. The van der Waals surface area contributed by atoms with Crippen molar-refractivity contribution >= 4 is 47.2 Å².